The molecule has 0 aromatic heterocycles. The minimum absolute atomic E-state index is 0.176. The highest BCUT2D eigenvalue weighted by molar-refractivity contribution is 7.88. The van der Waals surface area contributed by atoms with E-state index in [2.05, 4.69) is 24.4 Å². The van der Waals surface area contributed by atoms with Gasteiger partial charge < -0.3 is 5.32 Å². The highest BCUT2D eigenvalue weighted by Crippen LogP contribution is 2.21. The second-order valence-corrected chi connectivity index (χ2v) is 8.08. The molecule has 1 saturated heterocycles. The third kappa shape index (κ3) is 4.78. The van der Waals surface area contributed by atoms with Crippen molar-refractivity contribution in [1.82, 2.24) is 9.62 Å². The number of amides is 1. The summed E-state index contributed by atoms with van der Waals surface area (Å²) < 4.78 is 25.1. The van der Waals surface area contributed by atoms with Crippen molar-refractivity contribution < 1.29 is 13.2 Å². The van der Waals surface area contributed by atoms with Gasteiger partial charge in [0, 0.05) is 19.0 Å². The third-order valence-electron chi connectivity index (χ3n) is 4.47. The molecule has 1 aromatic rings. The smallest absolute Gasteiger partial charge is 0.238 e. The summed E-state index contributed by atoms with van der Waals surface area (Å²) in [5.41, 5.74) is 1.19. The molecule has 1 N–H and O–H groups in total. The highest BCUT2D eigenvalue weighted by atomic mass is 32.2. The average Bonchev–Trinajstić information content (AvgIpc) is 2.55. The van der Waals surface area contributed by atoms with Gasteiger partial charge in [-0.05, 0) is 24.8 Å². The third-order valence-corrected chi connectivity index (χ3v) is 5.76. The van der Waals surface area contributed by atoms with Crippen LogP contribution < -0.4 is 5.32 Å². The van der Waals surface area contributed by atoms with E-state index in [9.17, 15) is 13.2 Å². The van der Waals surface area contributed by atoms with Crippen molar-refractivity contribution in [1.29, 1.82) is 0 Å². The van der Waals surface area contributed by atoms with Gasteiger partial charge in [0.2, 0.25) is 15.9 Å². The zero-order chi connectivity index (χ0) is 16.9. The van der Waals surface area contributed by atoms with Crippen LogP contribution in [-0.2, 0) is 14.8 Å². The van der Waals surface area contributed by atoms with Crippen LogP contribution in [0.2, 0.25) is 0 Å². The number of nitrogens with one attached hydrogen (secondary N) is 1. The number of piperidine rings is 1. The summed E-state index contributed by atoms with van der Waals surface area (Å²) in [5.74, 6) is 0.0694. The van der Waals surface area contributed by atoms with Gasteiger partial charge in [0.25, 0.3) is 0 Å². The van der Waals surface area contributed by atoms with E-state index in [0.29, 0.717) is 19.5 Å². The molecule has 6 heteroatoms. The fourth-order valence-electron chi connectivity index (χ4n) is 3.13. The topological polar surface area (TPSA) is 66.5 Å². The SMILES string of the molecule is CCC(CNC(=O)C1CCCCN1S(C)(=O)=O)c1ccccc1. The van der Waals surface area contributed by atoms with Crippen molar-refractivity contribution >= 4 is 15.9 Å². The molecule has 0 spiro atoms. The van der Waals surface area contributed by atoms with Crippen LogP contribution in [0.25, 0.3) is 0 Å². The first kappa shape index (κ1) is 17.9. The molecule has 2 atom stereocenters. The molecular formula is C17H26N2O3S. The van der Waals surface area contributed by atoms with Crippen LogP contribution in [0.15, 0.2) is 30.3 Å². The average molecular weight is 338 g/mol. The fourth-order valence-corrected chi connectivity index (χ4v) is 4.25. The molecule has 23 heavy (non-hydrogen) atoms. The van der Waals surface area contributed by atoms with Gasteiger partial charge in [-0.3, -0.25) is 4.79 Å². The van der Waals surface area contributed by atoms with Gasteiger partial charge in [-0.2, -0.15) is 4.31 Å². The molecule has 0 radical (unpaired) electrons. The lowest BCUT2D eigenvalue weighted by molar-refractivity contribution is -0.125. The molecular weight excluding hydrogens is 312 g/mol. The van der Waals surface area contributed by atoms with Gasteiger partial charge in [-0.1, -0.05) is 43.7 Å². The maximum atomic E-state index is 12.5. The van der Waals surface area contributed by atoms with Crippen LogP contribution >= 0.6 is 0 Å². The van der Waals surface area contributed by atoms with Crippen LogP contribution in [0.1, 0.15) is 44.1 Å². The Morgan fingerprint density at radius 3 is 2.61 bits per heavy atom. The Hall–Kier alpha value is -1.40. The van der Waals surface area contributed by atoms with E-state index in [0.717, 1.165) is 19.3 Å². The lowest BCUT2D eigenvalue weighted by atomic mass is 9.96. The van der Waals surface area contributed by atoms with Crippen molar-refractivity contribution in [3.8, 4) is 0 Å². The second kappa shape index (κ2) is 7.93. The lowest BCUT2D eigenvalue weighted by Crippen LogP contribution is -2.52. The van der Waals surface area contributed by atoms with E-state index in [1.807, 2.05) is 18.2 Å². The number of benzene rings is 1. The van der Waals surface area contributed by atoms with Gasteiger partial charge in [-0.25, -0.2) is 8.42 Å². The number of nitrogens with zero attached hydrogens (tertiary/aromatic N) is 1. The van der Waals surface area contributed by atoms with Crippen molar-refractivity contribution in [2.24, 2.45) is 0 Å². The predicted octanol–water partition coefficient (Wildman–Crippen LogP) is 2.11. The van der Waals surface area contributed by atoms with Crippen LogP contribution in [0, 0.1) is 0 Å². The first-order chi connectivity index (χ1) is 10.9. The number of carbonyl (C=O) groups is 1. The monoisotopic (exact) mass is 338 g/mol. The molecule has 1 aliphatic heterocycles. The van der Waals surface area contributed by atoms with Crippen molar-refractivity contribution in [3.05, 3.63) is 35.9 Å². The maximum absolute atomic E-state index is 12.5. The molecule has 2 rings (SSSR count). The molecule has 0 saturated carbocycles. The molecule has 1 fully saturated rings. The number of rotatable bonds is 6. The number of sulfonamides is 1. The number of hydrogen-bond acceptors (Lipinski definition) is 3. The van der Waals surface area contributed by atoms with Crippen LogP contribution in [0.4, 0.5) is 0 Å². The first-order valence-corrected chi connectivity index (χ1v) is 10.1. The molecule has 1 aliphatic rings. The summed E-state index contributed by atoms with van der Waals surface area (Å²) >= 11 is 0. The Bertz CT molecular complexity index is 616. The normalized spacial score (nSPS) is 20.9. The first-order valence-electron chi connectivity index (χ1n) is 8.23. The molecule has 5 nitrogen and oxygen atoms in total. The standard InChI is InChI=1S/C17H26N2O3S/c1-3-14(15-9-5-4-6-10-15)13-18-17(20)16-11-7-8-12-19(16)23(2,21)22/h4-6,9-10,14,16H,3,7-8,11-13H2,1-2H3,(H,18,20). The van der Waals surface area contributed by atoms with E-state index < -0.39 is 16.1 Å². The zero-order valence-corrected chi connectivity index (χ0v) is 14.7. The van der Waals surface area contributed by atoms with E-state index >= 15 is 0 Å². The van der Waals surface area contributed by atoms with Crippen molar-refractivity contribution in [2.45, 2.75) is 44.6 Å². The van der Waals surface area contributed by atoms with E-state index in [-0.39, 0.29) is 11.8 Å². The molecule has 1 aromatic carbocycles. The second-order valence-electron chi connectivity index (χ2n) is 6.15. The van der Waals surface area contributed by atoms with Crippen LogP contribution in [-0.4, -0.2) is 44.0 Å². The summed E-state index contributed by atoms with van der Waals surface area (Å²) in [6, 6.07) is 9.51. The van der Waals surface area contributed by atoms with E-state index in [1.54, 1.807) is 0 Å². The van der Waals surface area contributed by atoms with Crippen molar-refractivity contribution in [3.63, 3.8) is 0 Å². The summed E-state index contributed by atoms with van der Waals surface area (Å²) in [6.07, 6.45) is 4.40. The van der Waals surface area contributed by atoms with Gasteiger partial charge in [0.1, 0.15) is 6.04 Å². The lowest BCUT2D eigenvalue weighted by Gasteiger charge is -2.32. The molecule has 2 unspecified atom stereocenters. The minimum Gasteiger partial charge on any atom is -0.354 e. The summed E-state index contributed by atoms with van der Waals surface area (Å²) in [7, 11) is -3.34. The molecule has 128 valence electrons. The Kier molecular flexibility index (Phi) is 6.18. The summed E-state index contributed by atoms with van der Waals surface area (Å²) in [4.78, 5) is 12.5. The number of carbonyl (C=O) groups excluding carboxylic acids is 1. The van der Waals surface area contributed by atoms with Crippen molar-refractivity contribution in [2.75, 3.05) is 19.3 Å². The van der Waals surface area contributed by atoms with E-state index in [4.69, 9.17) is 0 Å². The Balaban J connectivity index is 2.00. The molecule has 1 amide bonds. The van der Waals surface area contributed by atoms with Gasteiger partial charge in [-0.15, -0.1) is 0 Å². The van der Waals surface area contributed by atoms with Crippen LogP contribution in [0.3, 0.4) is 0 Å². The number of hydrogen-bond donors (Lipinski definition) is 1. The maximum Gasteiger partial charge on any atom is 0.238 e. The zero-order valence-electron chi connectivity index (χ0n) is 13.9. The minimum atomic E-state index is -3.34. The predicted molar refractivity (Wildman–Crippen MR) is 91.7 cm³/mol. The summed E-state index contributed by atoms with van der Waals surface area (Å²) in [6.45, 7) is 3.06. The highest BCUT2D eigenvalue weighted by Gasteiger charge is 2.34. The molecule has 1 heterocycles. The largest absolute Gasteiger partial charge is 0.354 e. The quantitative estimate of drug-likeness (QED) is 0.864. The Morgan fingerprint density at radius 1 is 1.30 bits per heavy atom. The Labute approximate surface area is 139 Å². The van der Waals surface area contributed by atoms with Gasteiger partial charge in [0.15, 0.2) is 0 Å². The fraction of sp³-hybridized carbons (Fsp3) is 0.588. The molecule has 0 aliphatic carbocycles. The molecule has 0 bridgehead atoms. The van der Waals surface area contributed by atoms with Gasteiger partial charge in [0.05, 0.1) is 6.26 Å². The van der Waals surface area contributed by atoms with Gasteiger partial charge >= 0.3 is 0 Å². The van der Waals surface area contributed by atoms with E-state index in [1.165, 1.54) is 16.1 Å². The van der Waals surface area contributed by atoms with Crippen LogP contribution in [0.5, 0.6) is 0 Å². The Morgan fingerprint density at radius 2 is 2.00 bits per heavy atom. The summed E-state index contributed by atoms with van der Waals surface area (Å²) in [5, 5.41) is 2.96.